The molecule has 14 heavy (non-hydrogen) atoms. The van der Waals surface area contributed by atoms with Crippen LogP contribution in [0.2, 0.25) is 0 Å². The third-order valence-corrected chi connectivity index (χ3v) is 2.09. The quantitative estimate of drug-likeness (QED) is 0.673. The van der Waals surface area contributed by atoms with Crippen molar-refractivity contribution in [3.05, 3.63) is 35.4 Å². The van der Waals surface area contributed by atoms with Crippen LogP contribution in [0.4, 0.5) is 4.39 Å². The van der Waals surface area contributed by atoms with Crippen molar-refractivity contribution < 1.29 is 14.0 Å². The maximum atomic E-state index is 12.5. The molecule has 0 amide bonds. The Hall–Kier alpha value is -1.51. The van der Waals surface area contributed by atoms with Crippen LogP contribution in [0.25, 0.3) is 0 Å². The van der Waals surface area contributed by atoms with Crippen molar-refractivity contribution in [2.75, 3.05) is 6.67 Å². The fourth-order valence-electron chi connectivity index (χ4n) is 1.29. The van der Waals surface area contributed by atoms with Gasteiger partial charge in [-0.25, -0.2) is 0 Å². The lowest BCUT2D eigenvalue weighted by Crippen LogP contribution is -2.02. The molecule has 74 valence electrons. The Morgan fingerprint density at radius 1 is 1.36 bits per heavy atom. The van der Waals surface area contributed by atoms with Crippen molar-refractivity contribution in [1.82, 2.24) is 0 Å². The monoisotopic (exact) mass is 194 g/mol. The van der Waals surface area contributed by atoms with Crippen molar-refractivity contribution >= 4 is 12.6 Å². The summed E-state index contributed by atoms with van der Waals surface area (Å²) in [5.74, 6) is -0.424. The van der Waals surface area contributed by atoms with Crippen molar-refractivity contribution in [2.45, 2.75) is 12.3 Å². The molecule has 0 aliphatic rings. The van der Waals surface area contributed by atoms with Gasteiger partial charge in [0.1, 0.15) is 12.6 Å². The van der Waals surface area contributed by atoms with Crippen LogP contribution in [0.1, 0.15) is 28.3 Å². The number of halogens is 1. The second kappa shape index (κ2) is 5.27. The Bertz CT molecular complexity index is 323. The first-order valence-corrected chi connectivity index (χ1v) is 4.36. The highest BCUT2D eigenvalue weighted by molar-refractivity contribution is 5.75. The van der Waals surface area contributed by atoms with Gasteiger partial charge >= 0.3 is 0 Å². The molecule has 2 nitrogen and oxygen atoms in total. The zero-order chi connectivity index (χ0) is 10.4. The Balaban J connectivity index is 2.91. The van der Waals surface area contributed by atoms with Crippen molar-refractivity contribution in [3.63, 3.8) is 0 Å². The zero-order valence-corrected chi connectivity index (χ0v) is 7.65. The van der Waals surface area contributed by atoms with Gasteiger partial charge in [-0.2, -0.15) is 0 Å². The lowest BCUT2D eigenvalue weighted by Gasteiger charge is -2.09. The molecule has 1 atom stereocenters. The molecule has 0 radical (unpaired) electrons. The highest BCUT2D eigenvalue weighted by Gasteiger charge is 2.10. The summed E-state index contributed by atoms with van der Waals surface area (Å²) in [4.78, 5) is 20.7. The third kappa shape index (κ3) is 2.49. The van der Waals surface area contributed by atoms with E-state index in [0.29, 0.717) is 23.7 Å². The minimum Gasteiger partial charge on any atom is -0.303 e. The highest BCUT2D eigenvalue weighted by atomic mass is 19.1. The second-order valence-electron chi connectivity index (χ2n) is 3.04. The van der Waals surface area contributed by atoms with Crippen molar-refractivity contribution in [1.29, 1.82) is 0 Å². The van der Waals surface area contributed by atoms with E-state index in [1.165, 1.54) is 0 Å². The maximum absolute atomic E-state index is 12.5. The zero-order valence-electron chi connectivity index (χ0n) is 7.65. The molecular weight excluding hydrogens is 183 g/mol. The van der Waals surface area contributed by atoms with Crippen LogP contribution in [0.15, 0.2) is 24.3 Å². The molecule has 0 saturated heterocycles. The summed E-state index contributed by atoms with van der Waals surface area (Å²) in [6.07, 6.45) is 1.55. The van der Waals surface area contributed by atoms with Crippen molar-refractivity contribution in [3.8, 4) is 0 Å². The van der Waals surface area contributed by atoms with Gasteiger partial charge in [-0.1, -0.05) is 18.2 Å². The van der Waals surface area contributed by atoms with Crippen molar-refractivity contribution in [2.24, 2.45) is 0 Å². The first kappa shape index (κ1) is 10.6. The maximum Gasteiger partial charge on any atom is 0.150 e. The van der Waals surface area contributed by atoms with E-state index in [1.54, 1.807) is 24.3 Å². The van der Waals surface area contributed by atoms with E-state index in [9.17, 15) is 14.0 Å². The summed E-state index contributed by atoms with van der Waals surface area (Å²) in [6, 6.07) is 6.67. The molecule has 0 bridgehead atoms. The normalized spacial score (nSPS) is 12.1. The molecular formula is C11H11FO2. The topological polar surface area (TPSA) is 34.1 Å². The predicted octanol–water partition coefficient (Wildman–Crippen LogP) is 2.14. The summed E-state index contributed by atoms with van der Waals surface area (Å²) in [5, 5.41) is 0. The minimum absolute atomic E-state index is 0.152. The molecule has 3 heteroatoms. The number of hydrogen-bond donors (Lipinski definition) is 0. The largest absolute Gasteiger partial charge is 0.303 e. The van der Waals surface area contributed by atoms with Crippen LogP contribution < -0.4 is 0 Å². The van der Waals surface area contributed by atoms with Gasteiger partial charge in [-0.15, -0.1) is 0 Å². The molecule has 1 rings (SSSR count). The molecule has 0 saturated carbocycles. The van der Waals surface area contributed by atoms with Gasteiger partial charge in [-0.3, -0.25) is 9.18 Å². The Morgan fingerprint density at radius 2 is 2.14 bits per heavy atom. The summed E-state index contributed by atoms with van der Waals surface area (Å²) < 4.78 is 12.5. The number of carbonyl (C=O) groups excluding carboxylic acids is 2. The fraction of sp³-hybridized carbons (Fsp3) is 0.273. The van der Waals surface area contributed by atoms with Gasteiger partial charge in [0.15, 0.2) is 0 Å². The molecule has 1 unspecified atom stereocenters. The van der Waals surface area contributed by atoms with E-state index in [-0.39, 0.29) is 6.42 Å². The van der Waals surface area contributed by atoms with E-state index in [2.05, 4.69) is 0 Å². The lowest BCUT2D eigenvalue weighted by molar-refractivity contribution is -0.108. The highest BCUT2D eigenvalue weighted by Crippen LogP contribution is 2.19. The molecule has 0 aliphatic heterocycles. The molecule has 0 heterocycles. The second-order valence-corrected chi connectivity index (χ2v) is 3.04. The third-order valence-electron chi connectivity index (χ3n) is 2.09. The number of hydrogen-bond acceptors (Lipinski definition) is 2. The lowest BCUT2D eigenvalue weighted by atomic mass is 9.96. The van der Waals surface area contributed by atoms with Gasteiger partial charge in [-0.05, 0) is 11.6 Å². The molecule has 1 aromatic rings. The van der Waals surface area contributed by atoms with E-state index >= 15 is 0 Å². The molecule has 0 N–H and O–H groups in total. The Kier molecular flexibility index (Phi) is 3.98. The van der Waals surface area contributed by atoms with Crippen LogP contribution in [-0.4, -0.2) is 19.2 Å². The minimum atomic E-state index is -0.582. The smallest absolute Gasteiger partial charge is 0.150 e. The molecule has 0 aromatic heterocycles. The van der Waals surface area contributed by atoms with E-state index in [4.69, 9.17) is 0 Å². The SMILES string of the molecule is O=CCC(CF)c1cccc(C=O)c1. The number of alkyl halides is 1. The van der Waals surface area contributed by atoms with E-state index in [1.807, 2.05) is 0 Å². The standard InChI is InChI=1S/C11H11FO2/c12-7-11(4-5-13)10-3-1-2-9(6-10)8-14/h1-3,5-6,8,11H,4,7H2. The number of benzene rings is 1. The number of carbonyl (C=O) groups is 2. The number of rotatable bonds is 5. The van der Waals surface area contributed by atoms with Gasteiger partial charge in [0.25, 0.3) is 0 Å². The van der Waals surface area contributed by atoms with Gasteiger partial charge in [0.05, 0.1) is 6.67 Å². The number of aldehydes is 2. The van der Waals surface area contributed by atoms with Crippen LogP contribution in [0.5, 0.6) is 0 Å². The van der Waals surface area contributed by atoms with Crippen LogP contribution in [0.3, 0.4) is 0 Å². The molecule has 0 fully saturated rings. The Labute approximate surface area is 81.7 Å². The van der Waals surface area contributed by atoms with Gasteiger partial charge in [0, 0.05) is 17.9 Å². The first-order chi connectivity index (χ1) is 6.81. The summed E-state index contributed by atoms with van der Waals surface area (Å²) in [7, 11) is 0. The van der Waals surface area contributed by atoms with Crippen LogP contribution in [-0.2, 0) is 4.79 Å². The molecule has 0 spiro atoms. The van der Waals surface area contributed by atoms with Crippen LogP contribution in [0, 0.1) is 0 Å². The van der Waals surface area contributed by atoms with Crippen LogP contribution >= 0.6 is 0 Å². The first-order valence-electron chi connectivity index (χ1n) is 4.36. The molecule has 0 aliphatic carbocycles. The van der Waals surface area contributed by atoms with E-state index < -0.39 is 12.6 Å². The van der Waals surface area contributed by atoms with E-state index in [0.717, 1.165) is 0 Å². The summed E-state index contributed by atoms with van der Waals surface area (Å²) >= 11 is 0. The average molecular weight is 194 g/mol. The van der Waals surface area contributed by atoms with Gasteiger partial charge in [0.2, 0.25) is 0 Å². The summed E-state index contributed by atoms with van der Waals surface area (Å²) in [6.45, 7) is -0.582. The van der Waals surface area contributed by atoms with Gasteiger partial charge < -0.3 is 4.79 Å². The summed E-state index contributed by atoms with van der Waals surface area (Å²) in [5.41, 5.74) is 1.20. The Morgan fingerprint density at radius 3 is 2.71 bits per heavy atom. The molecule has 1 aromatic carbocycles. The predicted molar refractivity (Wildman–Crippen MR) is 51.2 cm³/mol. The average Bonchev–Trinajstić information content (AvgIpc) is 2.26. The fourth-order valence-corrected chi connectivity index (χ4v) is 1.29.